The summed E-state index contributed by atoms with van der Waals surface area (Å²) in [6, 6.07) is 11.3. The average Bonchev–Trinajstić information content (AvgIpc) is 2.74. The number of para-hydroxylation sites is 1. The molecule has 0 aromatic heterocycles. The normalized spacial score (nSPS) is 16.5. The van der Waals surface area contributed by atoms with Gasteiger partial charge in [0.05, 0.1) is 4.92 Å². The molecule has 0 spiro atoms. The monoisotopic (exact) mass is 452 g/mol. The van der Waals surface area contributed by atoms with Gasteiger partial charge in [-0.25, -0.2) is 0 Å². The van der Waals surface area contributed by atoms with Gasteiger partial charge in [-0.1, -0.05) is 18.2 Å². The van der Waals surface area contributed by atoms with E-state index in [1.54, 1.807) is 36.1 Å². The summed E-state index contributed by atoms with van der Waals surface area (Å²) in [7, 11) is 1.08. The summed E-state index contributed by atoms with van der Waals surface area (Å²) in [5.41, 5.74) is 0.770. The van der Waals surface area contributed by atoms with Crippen molar-refractivity contribution in [2.24, 2.45) is 0 Å². The molecule has 1 fully saturated rings. The number of rotatable bonds is 6. The highest BCUT2D eigenvalue weighted by atomic mass is 19.4. The number of piperazine rings is 1. The summed E-state index contributed by atoms with van der Waals surface area (Å²) in [6.45, 7) is 2.49. The third-order valence-corrected chi connectivity index (χ3v) is 5.18. The van der Waals surface area contributed by atoms with Gasteiger partial charge in [0.25, 0.3) is 5.69 Å². The van der Waals surface area contributed by atoms with Gasteiger partial charge < -0.3 is 19.9 Å². The summed E-state index contributed by atoms with van der Waals surface area (Å²) in [5, 5.41) is 14.8. The van der Waals surface area contributed by atoms with Crippen LogP contribution in [0, 0.1) is 17.0 Å². The Balaban J connectivity index is 1.85. The molecule has 11 heteroatoms. The first-order chi connectivity index (χ1) is 15.1. The van der Waals surface area contributed by atoms with E-state index in [1.807, 2.05) is 6.07 Å². The molecule has 2 aromatic carbocycles. The van der Waals surface area contributed by atoms with Gasteiger partial charge in [-0.05, 0) is 25.1 Å². The molecular weight excluding hydrogens is 429 g/mol. The summed E-state index contributed by atoms with van der Waals surface area (Å²) in [4.78, 5) is 25.0. The first-order valence-corrected chi connectivity index (χ1v) is 9.89. The van der Waals surface area contributed by atoms with Crippen LogP contribution in [-0.2, 0) is 4.79 Å². The minimum absolute atomic E-state index is 0.122. The molecule has 172 valence electrons. The number of carbonyl (C=O) groups is 1. The number of alkyl halides is 3. The van der Waals surface area contributed by atoms with Crippen molar-refractivity contribution < 1.29 is 27.6 Å². The number of nitrogens with zero attached hydrogens (tertiary/aromatic N) is 3. The topological polar surface area (TPSA) is 87.9 Å². The van der Waals surface area contributed by atoms with E-state index in [4.69, 9.17) is 4.74 Å². The zero-order valence-corrected chi connectivity index (χ0v) is 17.6. The van der Waals surface area contributed by atoms with Crippen molar-refractivity contribution in [3.8, 4) is 11.5 Å². The number of benzene rings is 2. The van der Waals surface area contributed by atoms with Gasteiger partial charge in [-0.2, -0.15) is 13.2 Å². The Kier molecular flexibility index (Phi) is 6.87. The molecule has 1 aliphatic heterocycles. The molecule has 0 unspecified atom stereocenters. The molecule has 1 N–H and O–H groups in total. The molecule has 32 heavy (non-hydrogen) atoms. The van der Waals surface area contributed by atoms with Crippen LogP contribution in [0.15, 0.2) is 42.5 Å². The second-order valence-electron chi connectivity index (χ2n) is 7.51. The fourth-order valence-corrected chi connectivity index (χ4v) is 3.72. The average molecular weight is 452 g/mol. The largest absolute Gasteiger partial charge is 0.471 e. The minimum Gasteiger partial charge on any atom is -0.457 e. The second-order valence-corrected chi connectivity index (χ2v) is 7.51. The van der Waals surface area contributed by atoms with Gasteiger partial charge in [0, 0.05) is 50.9 Å². The molecule has 0 bridgehead atoms. The molecule has 0 saturated carbocycles. The Morgan fingerprint density at radius 1 is 1.28 bits per heavy atom. The SMILES string of the molecule is Cc1c(Oc2ccccc2)ccc([N+](=O)[O-])c1N1CCN[C@@H](CN(C)C(=O)C(F)(F)F)C1. The van der Waals surface area contributed by atoms with Crippen LogP contribution in [0.25, 0.3) is 0 Å². The Morgan fingerprint density at radius 3 is 2.59 bits per heavy atom. The summed E-state index contributed by atoms with van der Waals surface area (Å²) >= 11 is 0. The lowest BCUT2D eigenvalue weighted by Gasteiger charge is -2.37. The van der Waals surface area contributed by atoms with Crippen molar-refractivity contribution in [3.63, 3.8) is 0 Å². The molecule has 3 rings (SSSR count). The molecule has 1 heterocycles. The number of ether oxygens (including phenoxy) is 1. The smallest absolute Gasteiger partial charge is 0.457 e. The molecule has 0 aliphatic carbocycles. The van der Waals surface area contributed by atoms with Crippen LogP contribution < -0.4 is 15.0 Å². The van der Waals surface area contributed by atoms with Crippen LogP contribution in [0.4, 0.5) is 24.5 Å². The van der Waals surface area contributed by atoms with Crippen LogP contribution in [0.2, 0.25) is 0 Å². The van der Waals surface area contributed by atoms with Gasteiger partial charge in [-0.15, -0.1) is 0 Å². The van der Waals surface area contributed by atoms with E-state index in [2.05, 4.69) is 5.32 Å². The molecule has 8 nitrogen and oxygen atoms in total. The molecule has 2 aromatic rings. The standard InChI is InChI=1S/C21H23F3N4O4/c1-14-18(32-16-6-4-3-5-7-16)9-8-17(28(30)31)19(14)27-11-10-25-15(13-27)12-26(2)20(29)21(22,23)24/h3-9,15,25H,10-13H2,1-2H3/t15-/m0/s1. The van der Waals surface area contributed by atoms with Crippen molar-refractivity contribution in [2.45, 2.75) is 19.1 Å². The molecule has 1 aliphatic rings. The van der Waals surface area contributed by atoms with E-state index in [-0.39, 0.29) is 18.8 Å². The summed E-state index contributed by atoms with van der Waals surface area (Å²) < 4.78 is 44.0. The summed E-state index contributed by atoms with van der Waals surface area (Å²) in [5.74, 6) is -0.922. The van der Waals surface area contributed by atoms with E-state index >= 15 is 0 Å². The number of nitrogens with one attached hydrogen (secondary N) is 1. The van der Waals surface area contributed by atoms with Gasteiger partial charge in [-0.3, -0.25) is 14.9 Å². The highest BCUT2D eigenvalue weighted by molar-refractivity contribution is 5.81. The molecule has 1 atom stereocenters. The zero-order chi connectivity index (χ0) is 23.5. The number of likely N-dealkylation sites (N-methyl/N-ethyl adjacent to an activating group) is 1. The Bertz CT molecular complexity index is 985. The molecule has 1 saturated heterocycles. The number of amides is 1. The van der Waals surface area contributed by atoms with E-state index in [0.717, 1.165) is 7.05 Å². The maximum atomic E-state index is 12.7. The van der Waals surface area contributed by atoms with Gasteiger partial charge in [0.1, 0.15) is 17.2 Å². The first-order valence-electron chi connectivity index (χ1n) is 9.89. The Hall–Kier alpha value is -3.34. The zero-order valence-electron chi connectivity index (χ0n) is 17.6. The van der Waals surface area contributed by atoms with E-state index in [0.29, 0.717) is 40.7 Å². The van der Waals surface area contributed by atoms with Crippen LogP contribution in [-0.4, -0.2) is 61.2 Å². The minimum atomic E-state index is -4.96. The van der Waals surface area contributed by atoms with Crippen molar-refractivity contribution in [2.75, 3.05) is 38.1 Å². The van der Waals surface area contributed by atoms with Crippen LogP contribution in [0.1, 0.15) is 5.56 Å². The maximum Gasteiger partial charge on any atom is 0.471 e. The Morgan fingerprint density at radius 2 is 1.97 bits per heavy atom. The molecular formula is C21H23F3N4O4. The lowest BCUT2D eigenvalue weighted by atomic mass is 10.1. The highest BCUT2D eigenvalue weighted by Gasteiger charge is 2.42. The number of carbonyl (C=O) groups excluding carboxylic acids is 1. The van der Waals surface area contributed by atoms with Crippen molar-refractivity contribution in [1.29, 1.82) is 0 Å². The van der Waals surface area contributed by atoms with E-state index in [1.165, 1.54) is 12.1 Å². The predicted molar refractivity (Wildman–Crippen MR) is 112 cm³/mol. The summed E-state index contributed by atoms with van der Waals surface area (Å²) in [6.07, 6.45) is -4.96. The van der Waals surface area contributed by atoms with Crippen molar-refractivity contribution in [3.05, 3.63) is 58.1 Å². The van der Waals surface area contributed by atoms with Gasteiger partial charge in [0.15, 0.2) is 0 Å². The van der Waals surface area contributed by atoms with Crippen LogP contribution in [0.5, 0.6) is 11.5 Å². The number of halogens is 3. The number of nitro benzene ring substituents is 1. The lowest BCUT2D eigenvalue weighted by molar-refractivity contribution is -0.384. The van der Waals surface area contributed by atoms with Crippen LogP contribution in [0.3, 0.4) is 0 Å². The lowest BCUT2D eigenvalue weighted by Crippen LogP contribution is -2.56. The quantitative estimate of drug-likeness (QED) is 0.533. The molecule has 0 radical (unpaired) electrons. The van der Waals surface area contributed by atoms with Gasteiger partial charge in [0.2, 0.25) is 0 Å². The van der Waals surface area contributed by atoms with E-state index < -0.39 is 23.0 Å². The van der Waals surface area contributed by atoms with Crippen molar-refractivity contribution >= 4 is 17.3 Å². The first kappa shape index (κ1) is 23.3. The van der Waals surface area contributed by atoms with Gasteiger partial charge >= 0.3 is 12.1 Å². The number of hydrogen-bond acceptors (Lipinski definition) is 6. The van der Waals surface area contributed by atoms with Crippen LogP contribution >= 0.6 is 0 Å². The van der Waals surface area contributed by atoms with E-state index in [9.17, 15) is 28.1 Å². The number of anilines is 1. The second kappa shape index (κ2) is 9.43. The third kappa shape index (κ3) is 5.28. The third-order valence-electron chi connectivity index (χ3n) is 5.18. The highest BCUT2D eigenvalue weighted by Crippen LogP contribution is 2.39. The fourth-order valence-electron chi connectivity index (χ4n) is 3.72. The Labute approximate surface area is 182 Å². The molecule has 1 amide bonds. The maximum absolute atomic E-state index is 12.7. The number of nitro groups is 1. The predicted octanol–water partition coefficient (Wildman–Crippen LogP) is 3.49. The van der Waals surface area contributed by atoms with Crippen molar-refractivity contribution in [1.82, 2.24) is 10.2 Å². The fraction of sp³-hybridized carbons (Fsp3) is 0.381. The number of hydrogen-bond donors (Lipinski definition) is 1.